The van der Waals surface area contributed by atoms with Gasteiger partial charge in [0.25, 0.3) is 0 Å². The minimum atomic E-state index is 0.169. The topological polar surface area (TPSA) is 42.0 Å². The first kappa shape index (κ1) is 16.2. The molecular weight excluding hydrogens is 304 g/mol. The molecule has 1 fully saturated rings. The monoisotopic (exact) mass is 328 g/mol. The molecule has 0 bridgehead atoms. The van der Waals surface area contributed by atoms with Crippen LogP contribution < -0.4 is 5.32 Å². The summed E-state index contributed by atoms with van der Waals surface area (Å²) in [6, 6.07) is 8.27. The number of aromatic nitrogens is 1. The van der Waals surface area contributed by atoms with E-state index in [1.165, 1.54) is 43.2 Å². The molecule has 1 amide bonds. The molecule has 1 heterocycles. The van der Waals surface area contributed by atoms with E-state index in [1.807, 2.05) is 17.5 Å². The van der Waals surface area contributed by atoms with Gasteiger partial charge in [-0.3, -0.25) is 4.79 Å². The number of benzene rings is 1. The zero-order valence-corrected chi connectivity index (χ0v) is 14.5. The minimum absolute atomic E-state index is 0.169. The van der Waals surface area contributed by atoms with E-state index in [4.69, 9.17) is 0 Å². The second kappa shape index (κ2) is 7.73. The number of thiazole rings is 1. The van der Waals surface area contributed by atoms with Crippen molar-refractivity contribution >= 4 is 17.2 Å². The number of aryl methyl sites for hydroxylation is 1. The Bertz CT molecular complexity index is 659. The molecule has 0 atom stereocenters. The van der Waals surface area contributed by atoms with Crippen LogP contribution >= 0.6 is 11.3 Å². The molecule has 1 aliphatic rings. The first-order chi connectivity index (χ1) is 11.2. The molecule has 1 aromatic heterocycles. The van der Waals surface area contributed by atoms with Crippen LogP contribution in [0.25, 0.3) is 10.6 Å². The van der Waals surface area contributed by atoms with Crippen LogP contribution in [0.2, 0.25) is 0 Å². The van der Waals surface area contributed by atoms with E-state index in [0.717, 1.165) is 10.7 Å². The molecule has 3 rings (SSSR count). The van der Waals surface area contributed by atoms with Gasteiger partial charge in [-0.05, 0) is 31.2 Å². The van der Waals surface area contributed by atoms with Crippen LogP contribution in [0.15, 0.2) is 29.6 Å². The lowest BCUT2D eigenvalue weighted by Gasteiger charge is -2.20. The van der Waals surface area contributed by atoms with Crippen LogP contribution in [0, 0.1) is 12.8 Å². The highest BCUT2D eigenvalue weighted by Crippen LogP contribution is 2.27. The van der Waals surface area contributed by atoms with Gasteiger partial charge in [0, 0.05) is 17.4 Å². The quantitative estimate of drug-likeness (QED) is 0.864. The number of nitrogens with one attached hydrogen (secondary N) is 1. The summed E-state index contributed by atoms with van der Waals surface area (Å²) in [5, 5.41) is 6.10. The number of amides is 1. The molecule has 0 unspecified atom stereocenters. The van der Waals surface area contributed by atoms with Crippen LogP contribution in [0.4, 0.5) is 0 Å². The van der Waals surface area contributed by atoms with Gasteiger partial charge in [0.15, 0.2) is 0 Å². The lowest BCUT2D eigenvalue weighted by atomic mass is 9.87. The van der Waals surface area contributed by atoms with Gasteiger partial charge in [-0.15, -0.1) is 11.3 Å². The Morgan fingerprint density at radius 3 is 2.83 bits per heavy atom. The maximum atomic E-state index is 12.1. The summed E-state index contributed by atoms with van der Waals surface area (Å²) < 4.78 is 0. The Morgan fingerprint density at radius 1 is 1.26 bits per heavy atom. The van der Waals surface area contributed by atoms with Gasteiger partial charge < -0.3 is 5.32 Å². The molecule has 2 aromatic rings. The highest BCUT2D eigenvalue weighted by molar-refractivity contribution is 7.13. The molecular formula is C19H24N2OS. The van der Waals surface area contributed by atoms with Crippen LogP contribution in [-0.2, 0) is 11.3 Å². The van der Waals surface area contributed by atoms with Gasteiger partial charge in [0.2, 0.25) is 5.91 Å². The summed E-state index contributed by atoms with van der Waals surface area (Å²) in [6.45, 7) is 2.64. The van der Waals surface area contributed by atoms with E-state index >= 15 is 0 Å². The minimum Gasteiger partial charge on any atom is -0.350 e. The third kappa shape index (κ3) is 4.41. The van der Waals surface area contributed by atoms with Gasteiger partial charge in [-0.2, -0.15) is 0 Å². The Morgan fingerprint density at radius 2 is 2.04 bits per heavy atom. The van der Waals surface area contributed by atoms with Crippen LogP contribution in [0.5, 0.6) is 0 Å². The van der Waals surface area contributed by atoms with Crippen molar-refractivity contribution in [2.75, 3.05) is 0 Å². The molecule has 4 heteroatoms. The Labute approximate surface area is 142 Å². The van der Waals surface area contributed by atoms with E-state index in [0.29, 0.717) is 18.9 Å². The summed E-state index contributed by atoms with van der Waals surface area (Å²) in [5.74, 6) is 0.754. The second-order valence-electron chi connectivity index (χ2n) is 6.44. The van der Waals surface area contributed by atoms with E-state index in [-0.39, 0.29) is 5.91 Å². The number of carbonyl (C=O) groups excluding carboxylic acids is 1. The van der Waals surface area contributed by atoms with Gasteiger partial charge in [-0.25, -0.2) is 4.98 Å². The lowest BCUT2D eigenvalue weighted by Crippen LogP contribution is -2.26. The zero-order chi connectivity index (χ0) is 16.1. The summed E-state index contributed by atoms with van der Waals surface area (Å²) in [4.78, 5) is 16.7. The van der Waals surface area contributed by atoms with Gasteiger partial charge in [0.1, 0.15) is 5.01 Å². The fourth-order valence-corrected chi connectivity index (χ4v) is 4.15. The molecule has 1 N–H and O–H groups in total. The normalized spacial score (nSPS) is 15.5. The number of rotatable bonds is 5. The molecule has 23 heavy (non-hydrogen) atoms. The molecule has 0 radical (unpaired) electrons. The number of nitrogens with zero attached hydrogens (tertiary/aromatic N) is 1. The van der Waals surface area contributed by atoms with E-state index < -0.39 is 0 Å². The first-order valence-electron chi connectivity index (χ1n) is 8.49. The fraction of sp³-hybridized carbons (Fsp3) is 0.474. The Kier molecular flexibility index (Phi) is 5.44. The molecule has 122 valence electrons. The predicted octanol–water partition coefficient (Wildman–Crippen LogP) is 4.71. The van der Waals surface area contributed by atoms with Crippen molar-refractivity contribution in [3.63, 3.8) is 0 Å². The fourth-order valence-electron chi connectivity index (χ4n) is 3.24. The first-order valence-corrected chi connectivity index (χ1v) is 9.37. The largest absolute Gasteiger partial charge is 0.350 e. The van der Waals surface area contributed by atoms with Gasteiger partial charge in [0.05, 0.1) is 12.2 Å². The van der Waals surface area contributed by atoms with Crippen molar-refractivity contribution in [1.29, 1.82) is 0 Å². The third-order valence-corrected chi connectivity index (χ3v) is 5.52. The number of carbonyl (C=O) groups is 1. The molecule has 1 saturated carbocycles. The summed E-state index contributed by atoms with van der Waals surface area (Å²) in [6.07, 6.45) is 6.99. The standard InChI is InChI=1S/C19H24N2OS/c1-14-7-5-6-10-17(14)19-21-16(13-23-19)12-20-18(22)11-15-8-3-2-4-9-15/h5-7,10,13,15H,2-4,8-9,11-12H2,1H3,(H,20,22). The van der Waals surface area contributed by atoms with Crippen molar-refractivity contribution in [1.82, 2.24) is 10.3 Å². The molecule has 3 nitrogen and oxygen atoms in total. The summed E-state index contributed by atoms with van der Waals surface area (Å²) in [5.41, 5.74) is 3.36. The van der Waals surface area contributed by atoms with Crippen LogP contribution in [0.3, 0.4) is 0 Å². The van der Waals surface area contributed by atoms with Crippen LogP contribution in [0.1, 0.15) is 49.8 Å². The predicted molar refractivity (Wildman–Crippen MR) is 95.3 cm³/mol. The third-order valence-electron chi connectivity index (χ3n) is 4.59. The van der Waals surface area contributed by atoms with Crippen molar-refractivity contribution in [3.8, 4) is 10.6 Å². The number of hydrogen-bond donors (Lipinski definition) is 1. The maximum Gasteiger partial charge on any atom is 0.220 e. The smallest absolute Gasteiger partial charge is 0.220 e. The molecule has 1 aromatic carbocycles. The van der Waals surface area contributed by atoms with Crippen molar-refractivity contribution < 1.29 is 4.79 Å². The van der Waals surface area contributed by atoms with Crippen molar-refractivity contribution in [2.24, 2.45) is 5.92 Å². The summed E-state index contributed by atoms with van der Waals surface area (Å²) >= 11 is 1.64. The zero-order valence-electron chi connectivity index (χ0n) is 13.7. The van der Waals surface area contributed by atoms with E-state index in [1.54, 1.807) is 11.3 Å². The second-order valence-corrected chi connectivity index (χ2v) is 7.30. The van der Waals surface area contributed by atoms with E-state index in [9.17, 15) is 4.79 Å². The highest BCUT2D eigenvalue weighted by atomic mass is 32.1. The maximum absolute atomic E-state index is 12.1. The average Bonchev–Trinajstić information content (AvgIpc) is 3.03. The SMILES string of the molecule is Cc1ccccc1-c1nc(CNC(=O)CC2CCCCC2)cs1. The average molecular weight is 328 g/mol. The number of hydrogen-bond acceptors (Lipinski definition) is 3. The van der Waals surface area contributed by atoms with E-state index in [2.05, 4.69) is 29.4 Å². The Balaban J connectivity index is 1.53. The molecule has 0 saturated heterocycles. The molecule has 1 aliphatic carbocycles. The van der Waals surface area contributed by atoms with Gasteiger partial charge >= 0.3 is 0 Å². The van der Waals surface area contributed by atoms with Gasteiger partial charge in [-0.1, -0.05) is 43.5 Å². The van der Waals surface area contributed by atoms with Crippen molar-refractivity contribution in [3.05, 3.63) is 40.9 Å². The Hall–Kier alpha value is -1.68. The van der Waals surface area contributed by atoms with Crippen LogP contribution in [-0.4, -0.2) is 10.9 Å². The highest BCUT2D eigenvalue weighted by Gasteiger charge is 2.17. The summed E-state index contributed by atoms with van der Waals surface area (Å²) in [7, 11) is 0. The molecule has 0 spiro atoms. The lowest BCUT2D eigenvalue weighted by molar-refractivity contribution is -0.122. The molecule has 0 aliphatic heterocycles. The van der Waals surface area contributed by atoms with Crippen molar-refractivity contribution in [2.45, 2.75) is 52.0 Å².